The molecular formula is C19H17N5O2. The van der Waals surface area contributed by atoms with Crippen molar-refractivity contribution in [1.29, 1.82) is 0 Å². The molecule has 26 heavy (non-hydrogen) atoms. The average molecular weight is 347 g/mol. The lowest BCUT2D eigenvalue weighted by molar-refractivity contribution is -0.122. The number of carbonyl (C=O) groups is 1. The van der Waals surface area contributed by atoms with Gasteiger partial charge in [-0.2, -0.15) is 4.98 Å². The van der Waals surface area contributed by atoms with Gasteiger partial charge in [0.15, 0.2) is 0 Å². The van der Waals surface area contributed by atoms with E-state index in [1.807, 2.05) is 48.0 Å². The van der Waals surface area contributed by atoms with E-state index >= 15 is 0 Å². The molecule has 1 atom stereocenters. The van der Waals surface area contributed by atoms with Crippen molar-refractivity contribution in [3.63, 3.8) is 0 Å². The van der Waals surface area contributed by atoms with Crippen molar-refractivity contribution in [1.82, 2.24) is 25.0 Å². The number of pyridine rings is 1. The van der Waals surface area contributed by atoms with Gasteiger partial charge in [0, 0.05) is 29.7 Å². The topological polar surface area (TPSA) is 85.8 Å². The number of amides is 1. The molecule has 4 rings (SSSR count). The van der Waals surface area contributed by atoms with Gasteiger partial charge in [0.1, 0.15) is 12.6 Å². The van der Waals surface area contributed by atoms with Crippen LogP contribution in [0.2, 0.25) is 0 Å². The van der Waals surface area contributed by atoms with Crippen molar-refractivity contribution in [3.8, 4) is 11.4 Å². The highest BCUT2D eigenvalue weighted by Crippen LogP contribution is 2.18. The van der Waals surface area contributed by atoms with E-state index in [4.69, 9.17) is 4.52 Å². The first-order chi connectivity index (χ1) is 12.7. The molecule has 0 aliphatic carbocycles. The minimum Gasteiger partial charge on any atom is -0.343 e. The summed E-state index contributed by atoms with van der Waals surface area (Å²) in [7, 11) is 0. The van der Waals surface area contributed by atoms with Gasteiger partial charge in [-0.15, -0.1) is 0 Å². The Morgan fingerprint density at radius 3 is 2.85 bits per heavy atom. The van der Waals surface area contributed by atoms with Crippen molar-refractivity contribution in [2.45, 2.75) is 19.5 Å². The SMILES string of the molecule is C[C@H](NC(=O)Cn1ccc2ccccc21)c1nc(-c2ccncc2)no1. The predicted octanol–water partition coefficient (Wildman–Crippen LogP) is 2.96. The van der Waals surface area contributed by atoms with E-state index in [0.29, 0.717) is 11.7 Å². The molecule has 1 N–H and O–H groups in total. The van der Waals surface area contributed by atoms with E-state index in [1.165, 1.54) is 0 Å². The summed E-state index contributed by atoms with van der Waals surface area (Å²) < 4.78 is 7.19. The maximum absolute atomic E-state index is 12.4. The first kappa shape index (κ1) is 16.0. The number of nitrogens with one attached hydrogen (secondary N) is 1. The fourth-order valence-corrected chi connectivity index (χ4v) is 2.81. The second-order valence-electron chi connectivity index (χ2n) is 5.98. The lowest BCUT2D eigenvalue weighted by Gasteiger charge is -2.11. The number of carbonyl (C=O) groups excluding carboxylic acids is 1. The zero-order valence-electron chi connectivity index (χ0n) is 14.2. The number of hydrogen-bond donors (Lipinski definition) is 1. The van der Waals surface area contributed by atoms with Gasteiger partial charge in [-0.1, -0.05) is 23.4 Å². The summed E-state index contributed by atoms with van der Waals surface area (Å²) >= 11 is 0. The first-order valence-electron chi connectivity index (χ1n) is 8.28. The molecule has 0 saturated heterocycles. The number of nitrogens with zero attached hydrogens (tertiary/aromatic N) is 4. The fourth-order valence-electron chi connectivity index (χ4n) is 2.81. The molecule has 3 heterocycles. The van der Waals surface area contributed by atoms with Gasteiger partial charge in [-0.3, -0.25) is 9.78 Å². The van der Waals surface area contributed by atoms with Crippen LogP contribution in [0.15, 0.2) is 65.6 Å². The third-order valence-electron chi connectivity index (χ3n) is 4.12. The van der Waals surface area contributed by atoms with E-state index in [9.17, 15) is 4.79 Å². The van der Waals surface area contributed by atoms with Gasteiger partial charge >= 0.3 is 0 Å². The van der Waals surface area contributed by atoms with Crippen LogP contribution in [0.25, 0.3) is 22.3 Å². The number of aromatic nitrogens is 4. The van der Waals surface area contributed by atoms with Gasteiger partial charge < -0.3 is 14.4 Å². The van der Waals surface area contributed by atoms with E-state index in [0.717, 1.165) is 16.5 Å². The van der Waals surface area contributed by atoms with Crippen molar-refractivity contribution >= 4 is 16.8 Å². The Kier molecular flexibility index (Phi) is 4.18. The summed E-state index contributed by atoms with van der Waals surface area (Å²) in [5.41, 5.74) is 1.83. The molecule has 0 aliphatic rings. The third-order valence-corrected chi connectivity index (χ3v) is 4.12. The molecule has 0 radical (unpaired) electrons. The van der Waals surface area contributed by atoms with Crippen LogP contribution in [-0.4, -0.2) is 25.6 Å². The Labute approximate surface area is 149 Å². The summed E-state index contributed by atoms with van der Waals surface area (Å²) in [6.07, 6.45) is 5.24. The van der Waals surface area contributed by atoms with Crippen molar-refractivity contribution in [2.24, 2.45) is 0 Å². The minimum absolute atomic E-state index is 0.123. The minimum atomic E-state index is -0.382. The molecule has 1 aromatic carbocycles. The summed E-state index contributed by atoms with van der Waals surface area (Å²) in [6.45, 7) is 2.04. The monoisotopic (exact) mass is 347 g/mol. The van der Waals surface area contributed by atoms with Crippen molar-refractivity contribution in [2.75, 3.05) is 0 Å². The van der Waals surface area contributed by atoms with Crippen LogP contribution in [0.5, 0.6) is 0 Å². The standard InChI is InChI=1S/C19H17N5O2/c1-13(19-22-18(23-26-19)15-6-9-20-10-7-15)21-17(25)12-24-11-8-14-4-2-3-5-16(14)24/h2-11,13H,12H2,1H3,(H,21,25)/t13-/m0/s1. The molecule has 0 bridgehead atoms. The predicted molar refractivity (Wildman–Crippen MR) is 96.0 cm³/mol. The van der Waals surface area contributed by atoms with Crippen LogP contribution < -0.4 is 5.32 Å². The fraction of sp³-hybridized carbons (Fsp3) is 0.158. The molecule has 0 spiro atoms. The number of para-hydroxylation sites is 1. The van der Waals surface area contributed by atoms with E-state index < -0.39 is 0 Å². The average Bonchev–Trinajstić information content (AvgIpc) is 3.30. The van der Waals surface area contributed by atoms with E-state index in [2.05, 4.69) is 20.4 Å². The number of benzene rings is 1. The molecule has 0 saturated carbocycles. The second kappa shape index (κ2) is 6.79. The molecule has 0 aliphatic heterocycles. The zero-order valence-corrected chi connectivity index (χ0v) is 14.2. The Morgan fingerprint density at radius 1 is 1.19 bits per heavy atom. The lowest BCUT2D eigenvalue weighted by Crippen LogP contribution is -2.30. The number of rotatable bonds is 5. The maximum atomic E-state index is 12.4. The highest BCUT2D eigenvalue weighted by Gasteiger charge is 2.17. The molecule has 1 amide bonds. The molecule has 7 heteroatoms. The Hall–Kier alpha value is -3.48. The smallest absolute Gasteiger partial charge is 0.249 e. The van der Waals surface area contributed by atoms with E-state index in [1.54, 1.807) is 24.5 Å². The molecule has 0 fully saturated rings. The van der Waals surface area contributed by atoms with Crippen LogP contribution in [0.4, 0.5) is 0 Å². The highest BCUT2D eigenvalue weighted by molar-refractivity contribution is 5.83. The summed E-state index contributed by atoms with van der Waals surface area (Å²) in [6, 6.07) is 13.2. The van der Waals surface area contributed by atoms with Crippen LogP contribution in [0.1, 0.15) is 18.9 Å². The summed E-state index contributed by atoms with van der Waals surface area (Å²) in [5.74, 6) is 0.713. The quantitative estimate of drug-likeness (QED) is 0.600. The van der Waals surface area contributed by atoms with Gasteiger partial charge in [-0.25, -0.2) is 0 Å². The van der Waals surface area contributed by atoms with Gasteiger partial charge in [0.2, 0.25) is 17.6 Å². The van der Waals surface area contributed by atoms with Crippen LogP contribution in [-0.2, 0) is 11.3 Å². The van der Waals surface area contributed by atoms with E-state index in [-0.39, 0.29) is 18.5 Å². The Morgan fingerprint density at radius 2 is 2.00 bits per heavy atom. The highest BCUT2D eigenvalue weighted by atomic mass is 16.5. The molecule has 4 aromatic rings. The maximum Gasteiger partial charge on any atom is 0.249 e. The van der Waals surface area contributed by atoms with Crippen molar-refractivity contribution < 1.29 is 9.32 Å². The molecular weight excluding hydrogens is 330 g/mol. The van der Waals surface area contributed by atoms with Crippen LogP contribution >= 0.6 is 0 Å². The summed E-state index contributed by atoms with van der Waals surface area (Å²) in [4.78, 5) is 20.7. The lowest BCUT2D eigenvalue weighted by atomic mass is 10.2. The molecule has 7 nitrogen and oxygen atoms in total. The van der Waals surface area contributed by atoms with Crippen molar-refractivity contribution in [3.05, 3.63) is 66.9 Å². The van der Waals surface area contributed by atoms with Crippen LogP contribution in [0.3, 0.4) is 0 Å². The largest absolute Gasteiger partial charge is 0.343 e. The third kappa shape index (κ3) is 3.19. The Balaban J connectivity index is 1.44. The van der Waals surface area contributed by atoms with Gasteiger partial charge in [0.25, 0.3) is 0 Å². The van der Waals surface area contributed by atoms with Gasteiger partial charge in [0.05, 0.1) is 0 Å². The Bertz CT molecular complexity index is 1040. The second-order valence-corrected chi connectivity index (χ2v) is 5.98. The molecule has 3 aromatic heterocycles. The molecule has 0 unspecified atom stereocenters. The summed E-state index contributed by atoms with van der Waals surface area (Å²) in [5, 5.41) is 7.96. The number of hydrogen-bond acceptors (Lipinski definition) is 5. The first-order valence-corrected chi connectivity index (χ1v) is 8.28. The number of fused-ring (bicyclic) bond motifs is 1. The van der Waals surface area contributed by atoms with Crippen LogP contribution in [0, 0.1) is 0 Å². The zero-order chi connectivity index (χ0) is 17.9. The molecule has 130 valence electrons. The van der Waals surface area contributed by atoms with Gasteiger partial charge in [-0.05, 0) is 36.6 Å². The normalized spacial score (nSPS) is 12.2.